The summed E-state index contributed by atoms with van der Waals surface area (Å²) >= 11 is 0. The summed E-state index contributed by atoms with van der Waals surface area (Å²) in [5.74, 6) is -1.77. The van der Waals surface area contributed by atoms with Crippen molar-refractivity contribution < 1.29 is 39.2 Å². The lowest BCUT2D eigenvalue weighted by atomic mass is 9.94. The molecule has 0 spiro atoms. The average Bonchev–Trinajstić information content (AvgIpc) is 3.17. The molecular weight excluding hydrogens is 576 g/mol. The highest BCUT2D eigenvalue weighted by Gasteiger charge is 2.37. The summed E-state index contributed by atoms with van der Waals surface area (Å²) < 4.78 is 10.8. The highest BCUT2D eigenvalue weighted by Crippen LogP contribution is 2.18. The van der Waals surface area contributed by atoms with Crippen molar-refractivity contribution in [2.75, 3.05) is 13.7 Å². The van der Waals surface area contributed by atoms with E-state index < -0.39 is 54.3 Å². The van der Waals surface area contributed by atoms with Crippen LogP contribution in [0, 0.1) is 5.41 Å². The maximum absolute atomic E-state index is 12.9. The van der Waals surface area contributed by atoms with E-state index >= 15 is 0 Å². The van der Waals surface area contributed by atoms with Crippen LogP contribution in [0.1, 0.15) is 108 Å². The lowest BCUT2D eigenvalue weighted by molar-refractivity contribution is -0.150. The highest BCUT2D eigenvalue weighted by molar-refractivity contribution is 5.91. The highest BCUT2D eigenvalue weighted by atomic mass is 16.5. The first-order chi connectivity index (χ1) is 21.4. The molecule has 6 atom stereocenters. The summed E-state index contributed by atoms with van der Waals surface area (Å²) in [6, 6.07) is 6.47. The van der Waals surface area contributed by atoms with Gasteiger partial charge in [0.05, 0.1) is 12.1 Å². The van der Waals surface area contributed by atoms with E-state index in [2.05, 4.69) is 17.6 Å². The van der Waals surface area contributed by atoms with Crippen molar-refractivity contribution in [2.45, 2.75) is 135 Å². The number of aliphatic hydroxyl groups is 3. The fourth-order valence-corrected chi connectivity index (χ4v) is 5.19. The summed E-state index contributed by atoms with van der Waals surface area (Å²) in [7, 11) is 1.18. The van der Waals surface area contributed by atoms with Crippen LogP contribution in [0.15, 0.2) is 36.4 Å². The molecule has 5 N–H and O–H groups in total. The Bertz CT molecular complexity index is 1070. The van der Waals surface area contributed by atoms with Crippen molar-refractivity contribution in [1.82, 2.24) is 10.6 Å². The molecule has 0 radical (unpaired) electrons. The first-order valence-corrected chi connectivity index (χ1v) is 16.5. The van der Waals surface area contributed by atoms with Gasteiger partial charge in [-0.15, -0.1) is 0 Å². The Morgan fingerprint density at radius 3 is 2.20 bits per heavy atom. The van der Waals surface area contributed by atoms with Gasteiger partial charge in [-0.1, -0.05) is 96.9 Å². The van der Waals surface area contributed by atoms with Crippen LogP contribution in [0.4, 0.5) is 0 Å². The molecule has 1 heterocycles. The van der Waals surface area contributed by atoms with Crippen LogP contribution in [-0.2, 0) is 25.5 Å². The van der Waals surface area contributed by atoms with Gasteiger partial charge in [-0.05, 0) is 48.8 Å². The number of carbonyl (C=O) groups is 3. The third-order valence-electron chi connectivity index (χ3n) is 8.01. The number of hydrogen-bond donors (Lipinski definition) is 5. The number of carbonyl (C=O) groups excluding carboxylic acids is 3. The number of benzene rings is 1. The van der Waals surface area contributed by atoms with Crippen LogP contribution in [0.25, 0.3) is 0 Å². The van der Waals surface area contributed by atoms with Gasteiger partial charge < -0.3 is 35.4 Å². The van der Waals surface area contributed by atoms with Gasteiger partial charge in [-0.2, -0.15) is 0 Å². The number of hydrogen-bond acceptors (Lipinski definition) is 8. The second-order valence-corrected chi connectivity index (χ2v) is 13.2. The zero-order valence-electron chi connectivity index (χ0n) is 27.8. The molecule has 254 valence electrons. The van der Waals surface area contributed by atoms with E-state index in [0.717, 1.165) is 12.8 Å². The van der Waals surface area contributed by atoms with E-state index in [1.54, 1.807) is 18.2 Å². The Hall–Kier alpha value is -2.79. The standard InChI is InChI=1S/C35H56N2O8/c1-6-7-8-9-10-11-12-13-14-24-15-17-25(18-16-24)34(43)45-26-19-20-27(32(41)36-23-26)37-33(42)31(44-5)30(40)29(39)28(38)21-22-35(2,3)4/h15-18,21-22,26-31,38-40H,6-14,19-20,23H2,1-5H3,(H,36,41)(H,37,42). The number of nitrogens with one attached hydrogen (secondary N) is 2. The summed E-state index contributed by atoms with van der Waals surface area (Å²) in [6.45, 7) is 8.04. The van der Waals surface area contributed by atoms with Crippen LogP contribution in [0.3, 0.4) is 0 Å². The molecule has 1 fully saturated rings. The number of methoxy groups -OCH3 is 1. The third-order valence-corrected chi connectivity index (χ3v) is 8.01. The number of amides is 2. The van der Waals surface area contributed by atoms with E-state index in [0.29, 0.717) is 12.0 Å². The summed E-state index contributed by atoms with van der Waals surface area (Å²) in [5, 5.41) is 36.5. The molecule has 10 heteroatoms. The van der Waals surface area contributed by atoms with Gasteiger partial charge in [0.2, 0.25) is 5.91 Å². The zero-order chi connectivity index (χ0) is 33.4. The Morgan fingerprint density at radius 2 is 1.60 bits per heavy atom. The molecule has 1 saturated heterocycles. The molecule has 1 aromatic carbocycles. The maximum Gasteiger partial charge on any atom is 0.338 e. The van der Waals surface area contributed by atoms with Gasteiger partial charge in [0.1, 0.15) is 30.5 Å². The SMILES string of the molecule is CCCCCCCCCCc1ccc(C(=O)OC2CCC(NC(=O)C(OC)C(O)C(O)C(O)C=CC(C)(C)C)C(=O)NC2)cc1. The van der Waals surface area contributed by atoms with Crippen LogP contribution in [0.5, 0.6) is 0 Å². The molecule has 0 aromatic heterocycles. The number of aliphatic hydroxyl groups excluding tert-OH is 3. The van der Waals surface area contributed by atoms with Crippen molar-refractivity contribution in [3.8, 4) is 0 Å². The Labute approximate surface area is 269 Å². The normalized spacial score (nSPS) is 20.1. The van der Waals surface area contributed by atoms with Crippen LogP contribution in [-0.4, -0.2) is 83.3 Å². The van der Waals surface area contributed by atoms with Crippen molar-refractivity contribution in [3.05, 3.63) is 47.5 Å². The Kier molecular flexibility index (Phi) is 16.8. The molecule has 1 aliphatic rings. The van der Waals surface area contributed by atoms with Gasteiger partial charge in [0.15, 0.2) is 6.10 Å². The number of esters is 1. The van der Waals surface area contributed by atoms with E-state index in [1.807, 2.05) is 32.9 Å². The minimum Gasteiger partial charge on any atom is -0.457 e. The van der Waals surface area contributed by atoms with Gasteiger partial charge in [0.25, 0.3) is 5.91 Å². The molecule has 2 amide bonds. The second kappa shape index (κ2) is 19.7. The molecule has 10 nitrogen and oxygen atoms in total. The molecule has 0 bridgehead atoms. The summed E-state index contributed by atoms with van der Waals surface area (Å²) in [6.07, 6.45) is 7.58. The first kappa shape index (κ1) is 38.4. The summed E-state index contributed by atoms with van der Waals surface area (Å²) in [4.78, 5) is 38.5. The predicted octanol–water partition coefficient (Wildman–Crippen LogP) is 3.99. The van der Waals surface area contributed by atoms with Gasteiger partial charge in [0, 0.05) is 7.11 Å². The molecule has 1 aromatic rings. The predicted molar refractivity (Wildman–Crippen MR) is 174 cm³/mol. The number of rotatable bonds is 18. The largest absolute Gasteiger partial charge is 0.457 e. The number of allylic oxidation sites excluding steroid dienone is 1. The number of ether oxygens (including phenoxy) is 2. The molecule has 6 unspecified atom stereocenters. The summed E-state index contributed by atoms with van der Waals surface area (Å²) in [5.41, 5.74) is 1.35. The molecule has 0 saturated carbocycles. The molecule has 0 aliphatic carbocycles. The Morgan fingerprint density at radius 1 is 0.978 bits per heavy atom. The quantitative estimate of drug-likeness (QED) is 0.0925. The Balaban J connectivity index is 1.83. The van der Waals surface area contributed by atoms with E-state index in [-0.39, 0.29) is 18.4 Å². The molecular formula is C35H56N2O8. The molecule has 45 heavy (non-hydrogen) atoms. The van der Waals surface area contributed by atoms with E-state index in [9.17, 15) is 29.7 Å². The van der Waals surface area contributed by atoms with Crippen molar-refractivity contribution in [1.29, 1.82) is 0 Å². The first-order valence-electron chi connectivity index (χ1n) is 16.5. The van der Waals surface area contributed by atoms with Gasteiger partial charge in [-0.3, -0.25) is 9.59 Å². The fraction of sp³-hybridized carbons (Fsp3) is 0.686. The minimum absolute atomic E-state index is 0.0921. The minimum atomic E-state index is -1.76. The average molecular weight is 633 g/mol. The van der Waals surface area contributed by atoms with Crippen molar-refractivity contribution >= 4 is 17.8 Å². The van der Waals surface area contributed by atoms with E-state index in [4.69, 9.17) is 9.47 Å². The van der Waals surface area contributed by atoms with E-state index in [1.165, 1.54) is 63.7 Å². The fourth-order valence-electron chi connectivity index (χ4n) is 5.19. The lowest BCUT2D eigenvalue weighted by Crippen LogP contribution is -2.55. The van der Waals surface area contributed by atoms with Crippen LogP contribution >= 0.6 is 0 Å². The van der Waals surface area contributed by atoms with Crippen LogP contribution in [0.2, 0.25) is 0 Å². The van der Waals surface area contributed by atoms with Gasteiger partial charge >= 0.3 is 5.97 Å². The molecule has 1 aliphatic heterocycles. The van der Waals surface area contributed by atoms with Crippen molar-refractivity contribution in [3.63, 3.8) is 0 Å². The number of unbranched alkanes of at least 4 members (excludes halogenated alkanes) is 7. The van der Waals surface area contributed by atoms with Crippen molar-refractivity contribution in [2.24, 2.45) is 5.41 Å². The zero-order valence-corrected chi connectivity index (χ0v) is 27.8. The topological polar surface area (TPSA) is 154 Å². The third kappa shape index (κ3) is 14.0. The van der Waals surface area contributed by atoms with Crippen LogP contribution < -0.4 is 10.6 Å². The lowest BCUT2D eigenvalue weighted by Gasteiger charge is -2.28. The van der Waals surface area contributed by atoms with Gasteiger partial charge in [-0.25, -0.2) is 4.79 Å². The monoisotopic (exact) mass is 632 g/mol. The smallest absolute Gasteiger partial charge is 0.338 e. The number of aryl methyl sites for hydroxylation is 1. The maximum atomic E-state index is 12.9. The molecule has 2 rings (SSSR count). The second-order valence-electron chi connectivity index (χ2n) is 13.2.